The molecule has 0 radical (unpaired) electrons. The highest BCUT2D eigenvalue weighted by Crippen LogP contribution is 2.26. The molecule has 1 unspecified atom stereocenters. The standard InChI is InChI=1S/C12H27N/c1-5-6-11(8-10-13)7-9-12(2,3)4/h11H,5-10,13H2,1-4H3. The van der Waals surface area contributed by atoms with Crippen molar-refractivity contribution in [1.29, 1.82) is 0 Å². The van der Waals surface area contributed by atoms with Crippen LogP contribution in [0.1, 0.15) is 59.8 Å². The fraction of sp³-hybridized carbons (Fsp3) is 1.00. The molecule has 13 heavy (non-hydrogen) atoms. The van der Waals surface area contributed by atoms with Crippen molar-refractivity contribution in [3.05, 3.63) is 0 Å². The summed E-state index contributed by atoms with van der Waals surface area (Å²) in [7, 11) is 0. The number of hydrogen-bond acceptors (Lipinski definition) is 1. The van der Waals surface area contributed by atoms with E-state index < -0.39 is 0 Å². The molecule has 1 heteroatoms. The first kappa shape index (κ1) is 13.0. The molecule has 0 aliphatic heterocycles. The average molecular weight is 185 g/mol. The lowest BCUT2D eigenvalue weighted by atomic mass is 9.84. The zero-order chi connectivity index (χ0) is 10.3. The molecule has 0 aromatic rings. The van der Waals surface area contributed by atoms with Crippen molar-refractivity contribution < 1.29 is 0 Å². The summed E-state index contributed by atoms with van der Waals surface area (Å²) in [5.74, 6) is 0.870. The minimum atomic E-state index is 0.487. The topological polar surface area (TPSA) is 26.0 Å². The summed E-state index contributed by atoms with van der Waals surface area (Å²) < 4.78 is 0. The molecule has 0 aliphatic carbocycles. The molecular formula is C12H27N. The molecule has 0 fully saturated rings. The highest BCUT2D eigenvalue weighted by atomic mass is 14.5. The van der Waals surface area contributed by atoms with Gasteiger partial charge in [0.15, 0.2) is 0 Å². The van der Waals surface area contributed by atoms with E-state index in [1.165, 1.54) is 32.1 Å². The van der Waals surface area contributed by atoms with Crippen molar-refractivity contribution in [2.75, 3.05) is 6.54 Å². The van der Waals surface area contributed by atoms with Crippen molar-refractivity contribution in [2.45, 2.75) is 59.8 Å². The zero-order valence-electron chi connectivity index (χ0n) is 9.90. The third-order valence-electron chi connectivity index (χ3n) is 2.57. The van der Waals surface area contributed by atoms with Crippen LogP contribution in [-0.2, 0) is 0 Å². The molecule has 0 heterocycles. The Morgan fingerprint density at radius 1 is 1.08 bits per heavy atom. The van der Waals surface area contributed by atoms with E-state index in [-0.39, 0.29) is 0 Å². The Morgan fingerprint density at radius 2 is 1.69 bits per heavy atom. The molecule has 0 saturated heterocycles. The van der Waals surface area contributed by atoms with E-state index in [1.807, 2.05) is 0 Å². The summed E-state index contributed by atoms with van der Waals surface area (Å²) in [6.45, 7) is 10.1. The quantitative estimate of drug-likeness (QED) is 0.672. The Hall–Kier alpha value is -0.0400. The van der Waals surface area contributed by atoms with Gasteiger partial charge >= 0.3 is 0 Å². The minimum Gasteiger partial charge on any atom is -0.330 e. The van der Waals surface area contributed by atoms with Crippen LogP contribution in [0.15, 0.2) is 0 Å². The summed E-state index contributed by atoms with van der Waals surface area (Å²) in [5.41, 5.74) is 6.09. The summed E-state index contributed by atoms with van der Waals surface area (Å²) >= 11 is 0. The van der Waals surface area contributed by atoms with Gasteiger partial charge in [-0.1, -0.05) is 40.5 Å². The van der Waals surface area contributed by atoms with E-state index in [4.69, 9.17) is 5.73 Å². The molecule has 80 valence electrons. The van der Waals surface area contributed by atoms with Crippen molar-refractivity contribution in [2.24, 2.45) is 17.1 Å². The molecule has 2 N–H and O–H groups in total. The van der Waals surface area contributed by atoms with E-state index in [0.717, 1.165) is 12.5 Å². The maximum absolute atomic E-state index is 5.60. The largest absolute Gasteiger partial charge is 0.330 e. The van der Waals surface area contributed by atoms with Crippen molar-refractivity contribution >= 4 is 0 Å². The van der Waals surface area contributed by atoms with Gasteiger partial charge in [-0.25, -0.2) is 0 Å². The first-order valence-electron chi connectivity index (χ1n) is 5.69. The van der Waals surface area contributed by atoms with Gasteiger partial charge in [0, 0.05) is 0 Å². The van der Waals surface area contributed by atoms with E-state index >= 15 is 0 Å². The summed E-state index contributed by atoms with van der Waals surface area (Å²) in [6.07, 6.45) is 6.55. The maximum Gasteiger partial charge on any atom is -0.00746 e. The lowest BCUT2D eigenvalue weighted by Gasteiger charge is -2.22. The molecule has 1 atom stereocenters. The number of nitrogens with two attached hydrogens (primary N) is 1. The van der Waals surface area contributed by atoms with Crippen LogP contribution in [0, 0.1) is 11.3 Å². The van der Waals surface area contributed by atoms with Gasteiger partial charge < -0.3 is 5.73 Å². The fourth-order valence-corrected chi connectivity index (χ4v) is 1.71. The van der Waals surface area contributed by atoms with Crippen LogP contribution in [0.5, 0.6) is 0 Å². The summed E-state index contributed by atoms with van der Waals surface area (Å²) in [4.78, 5) is 0. The van der Waals surface area contributed by atoms with Crippen molar-refractivity contribution in [3.8, 4) is 0 Å². The van der Waals surface area contributed by atoms with Crippen LogP contribution in [0.4, 0.5) is 0 Å². The van der Waals surface area contributed by atoms with Gasteiger partial charge in [-0.15, -0.1) is 0 Å². The Labute approximate surface area is 84.1 Å². The van der Waals surface area contributed by atoms with E-state index in [2.05, 4.69) is 27.7 Å². The molecule has 0 aliphatic rings. The number of hydrogen-bond donors (Lipinski definition) is 1. The van der Waals surface area contributed by atoms with Crippen LogP contribution in [0.3, 0.4) is 0 Å². The van der Waals surface area contributed by atoms with Crippen LogP contribution in [0.25, 0.3) is 0 Å². The molecular weight excluding hydrogens is 158 g/mol. The summed E-state index contributed by atoms with van der Waals surface area (Å²) in [6, 6.07) is 0. The molecule has 0 aromatic carbocycles. The van der Waals surface area contributed by atoms with Crippen molar-refractivity contribution in [3.63, 3.8) is 0 Å². The van der Waals surface area contributed by atoms with Gasteiger partial charge in [-0.05, 0) is 37.1 Å². The second-order valence-electron chi connectivity index (χ2n) is 5.33. The fourth-order valence-electron chi connectivity index (χ4n) is 1.71. The molecule has 1 nitrogen and oxygen atoms in total. The smallest absolute Gasteiger partial charge is 0.00746 e. The molecule has 0 aromatic heterocycles. The third kappa shape index (κ3) is 8.29. The monoisotopic (exact) mass is 185 g/mol. The Bertz CT molecular complexity index is 107. The van der Waals surface area contributed by atoms with Gasteiger partial charge in [0.1, 0.15) is 0 Å². The third-order valence-corrected chi connectivity index (χ3v) is 2.57. The van der Waals surface area contributed by atoms with E-state index in [1.54, 1.807) is 0 Å². The van der Waals surface area contributed by atoms with E-state index in [9.17, 15) is 0 Å². The first-order chi connectivity index (χ1) is 5.99. The highest BCUT2D eigenvalue weighted by Gasteiger charge is 2.14. The second kappa shape index (κ2) is 6.42. The van der Waals surface area contributed by atoms with Crippen molar-refractivity contribution in [1.82, 2.24) is 0 Å². The Morgan fingerprint density at radius 3 is 2.08 bits per heavy atom. The Kier molecular flexibility index (Phi) is 6.40. The lowest BCUT2D eigenvalue weighted by Crippen LogP contribution is -2.13. The highest BCUT2D eigenvalue weighted by molar-refractivity contribution is 4.66. The first-order valence-corrected chi connectivity index (χ1v) is 5.69. The van der Waals surface area contributed by atoms with Gasteiger partial charge in [0.05, 0.1) is 0 Å². The molecule has 0 saturated carbocycles. The Balaban J connectivity index is 3.68. The van der Waals surface area contributed by atoms with Gasteiger partial charge in [0.25, 0.3) is 0 Å². The molecule has 0 amide bonds. The van der Waals surface area contributed by atoms with Gasteiger partial charge in [-0.3, -0.25) is 0 Å². The predicted molar refractivity (Wildman–Crippen MR) is 60.8 cm³/mol. The van der Waals surface area contributed by atoms with E-state index in [0.29, 0.717) is 5.41 Å². The van der Waals surface area contributed by atoms with Crippen LogP contribution in [-0.4, -0.2) is 6.54 Å². The van der Waals surface area contributed by atoms with Gasteiger partial charge in [0.2, 0.25) is 0 Å². The van der Waals surface area contributed by atoms with Crippen LogP contribution >= 0.6 is 0 Å². The second-order valence-corrected chi connectivity index (χ2v) is 5.33. The molecule has 0 rings (SSSR count). The SMILES string of the molecule is CCCC(CCN)CCC(C)(C)C. The maximum atomic E-state index is 5.60. The minimum absolute atomic E-state index is 0.487. The summed E-state index contributed by atoms with van der Waals surface area (Å²) in [5, 5.41) is 0. The molecule has 0 spiro atoms. The average Bonchev–Trinajstić information content (AvgIpc) is 2.00. The normalized spacial score (nSPS) is 14.5. The van der Waals surface area contributed by atoms with Gasteiger partial charge in [-0.2, -0.15) is 0 Å². The molecule has 0 bridgehead atoms. The van der Waals surface area contributed by atoms with Crippen LogP contribution in [0.2, 0.25) is 0 Å². The number of rotatable bonds is 6. The predicted octanol–water partition coefficient (Wildman–Crippen LogP) is 3.58. The zero-order valence-corrected chi connectivity index (χ0v) is 9.90. The lowest BCUT2D eigenvalue weighted by molar-refractivity contribution is 0.304. The van der Waals surface area contributed by atoms with Crippen LogP contribution < -0.4 is 5.73 Å².